The van der Waals surface area contributed by atoms with Crippen molar-refractivity contribution in [1.29, 1.82) is 0 Å². The fraction of sp³-hybridized carbons (Fsp3) is 0.573. The molecule has 0 saturated carbocycles. The number of likely N-dealkylation sites (N-methyl/N-ethyl adjacent to an activating group) is 1. The van der Waals surface area contributed by atoms with E-state index in [4.69, 9.17) is 18.9 Å². The van der Waals surface area contributed by atoms with E-state index in [0.717, 1.165) is 135 Å². The zero-order valence-electron chi connectivity index (χ0n) is 58.2. The number of aliphatic carboxylic acids is 1. The quantitative estimate of drug-likeness (QED) is 0.0211. The zero-order valence-corrected chi connectivity index (χ0v) is 58.2. The molecule has 0 aromatic heterocycles. The molecule has 0 radical (unpaired) electrons. The van der Waals surface area contributed by atoms with Gasteiger partial charge in [0.1, 0.15) is 13.2 Å². The smallest absolute Gasteiger partial charge is 0.361 e. The second kappa shape index (κ2) is 70.0. The number of ether oxygens (including phenoxy) is 4. The molecule has 0 bridgehead atoms. The Hall–Kier alpha value is -5.87. The minimum absolute atomic E-state index is 0.169. The lowest BCUT2D eigenvalue weighted by molar-refractivity contribution is -0.870. The second-order valence-electron chi connectivity index (χ2n) is 24.1. The van der Waals surface area contributed by atoms with E-state index in [-0.39, 0.29) is 38.6 Å². The van der Waals surface area contributed by atoms with Crippen molar-refractivity contribution in [1.82, 2.24) is 0 Å². The van der Waals surface area contributed by atoms with E-state index in [9.17, 15) is 19.5 Å². The van der Waals surface area contributed by atoms with Gasteiger partial charge in [-0.1, -0.05) is 285 Å². The molecule has 1 N–H and O–H groups in total. The molecule has 0 aliphatic heterocycles. The maximum atomic E-state index is 12.9. The van der Waals surface area contributed by atoms with Crippen LogP contribution in [0.3, 0.4) is 0 Å². The van der Waals surface area contributed by atoms with E-state index in [1.165, 1.54) is 77.0 Å². The summed E-state index contributed by atoms with van der Waals surface area (Å²) < 4.78 is 22.9. The van der Waals surface area contributed by atoms with Crippen molar-refractivity contribution in [3.63, 3.8) is 0 Å². The first-order valence-electron chi connectivity index (χ1n) is 35.6. The molecule has 2 unspecified atom stereocenters. The average molecular weight is 1260 g/mol. The molecule has 510 valence electrons. The summed E-state index contributed by atoms with van der Waals surface area (Å²) in [7, 11) is 5.95. The molecular formula is C82H130NO8+. The first-order valence-corrected chi connectivity index (χ1v) is 35.6. The van der Waals surface area contributed by atoms with Crippen molar-refractivity contribution in [2.75, 3.05) is 47.5 Å². The lowest BCUT2D eigenvalue weighted by Gasteiger charge is -2.25. The Balaban J connectivity index is 4.26. The van der Waals surface area contributed by atoms with Crippen molar-refractivity contribution < 1.29 is 42.9 Å². The van der Waals surface area contributed by atoms with Crippen LogP contribution >= 0.6 is 0 Å². The highest BCUT2D eigenvalue weighted by Crippen LogP contribution is 2.15. The maximum absolute atomic E-state index is 12.9. The third kappa shape index (κ3) is 71.4. The summed E-state index contributed by atoms with van der Waals surface area (Å²) >= 11 is 0. The fourth-order valence-corrected chi connectivity index (χ4v) is 8.99. The first-order chi connectivity index (χ1) is 44.6. The van der Waals surface area contributed by atoms with Crippen LogP contribution in [0.2, 0.25) is 0 Å². The molecule has 0 spiro atoms. The normalized spacial score (nSPS) is 13.9. The highest BCUT2D eigenvalue weighted by atomic mass is 16.7. The molecule has 0 rings (SSSR count). The van der Waals surface area contributed by atoms with Gasteiger partial charge in [0.2, 0.25) is 0 Å². The number of quaternary nitrogens is 1. The number of allylic oxidation sites excluding steroid dienone is 32. The molecule has 0 aliphatic rings. The van der Waals surface area contributed by atoms with Crippen molar-refractivity contribution in [3.05, 3.63) is 194 Å². The Morgan fingerprint density at radius 3 is 0.901 bits per heavy atom. The molecule has 2 atom stereocenters. The molecule has 9 heteroatoms. The minimum Gasteiger partial charge on any atom is -0.477 e. The van der Waals surface area contributed by atoms with Gasteiger partial charge in [-0.3, -0.25) is 9.59 Å². The van der Waals surface area contributed by atoms with Crippen LogP contribution in [0, 0.1) is 0 Å². The molecule has 0 amide bonds. The van der Waals surface area contributed by atoms with E-state index in [2.05, 4.69) is 208 Å². The van der Waals surface area contributed by atoms with Gasteiger partial charge < -0.3 is 28.5 Å². The van der Waals surface area contributed by atoms with Crippen LogP contribution in [0.5, 0.6) is 0 Å². The Labute approximate surface area is 557 Å². The number of unbranched alkanes of at least 4 members (excludes halogenated alkanes) is 16. The van der Waals surface area contributed by atoms with Crippen LogP contribution in [0.4, 0.5) is 0 Å². The molecule has 0 fully saturated rings. The van der Waals surface area contributed by atoms with Gasteiger partial charge in [-0.15, -0.1) is 0 Å². The van der Waals surface area contributed by atoms with Gasteiger partial charge in [-0.25, -0.2) is 4.79 Å². The van der Waals surface area contributed by atoms with Gasteiger partial charge in [-0.05, 0) is 141 Å². The van der Waals surface area contributed by atoms with E-state index in [0.29, 0.717) is 17.4 Å². The molecule has 0 heterocycles. The summed E-state index contributed by atoms with van der Waals surface area (Å²) in [4.78, 5) is 37.6. The third-order valence-corrected chi connectivity index (χ3v) is 14.3. The predicted octanol–water partition coefficient (Wildman–Crippen LogP) is 22.6. The van der Waals surface area contributed by atoms with E-state index in [1.807, 2.05) is 21.1 Å². The standard InChI is InChI=1S/C82H129NO8/c1-6-8-10-12-14-16-18-20-22-24-26-28-30-32-34-36-38-40-42-44-46-48-50-52-54-56-58-60-62-64-66-68-70-72-79(84)89-76-78(77-90-82(81(86)87)88-75-74-83(3,4)5)91-80(85)73-71-69-67-65-63-61-59-57-55-53-51-49-47-45-43-41-39-37-35-33-31-29-27-25-23-21-19-17-15-13-11-9-7-2/h8-11,14-17,20-23,26-29,32-35,38-41,45,47,51,53,57,59,63,65,78,82H,6-7,12-13,18-19,24-25,30-31,36-37,42-44,46,48-50,52,54-56,58,60-62,64,66-77H2,1-5H3/p+1/b10-8-,11-9-,16-14-,17-15-,22-20-,23-21-,28-26-,29-27-,34-32-,35-33-,40-38-,41-39-,47-45-,53-51-,59-57-,65-63-. The fourth-order valence-electron chi connectivity index (χ4n) is 8.99. The monoisotopic (exact) mass is 1260 g/mol. The molecule has 91 heavy (non-hydrogen) atoms. The molecule has 0 aromatic carbocycles. The largest absolute Gasteiger partial charge is 0.477 e. The zero-order chi connectivity index (χ0) is 66.1. The van der Waals surface area contributed by atoms with E-state index >= 15 is 0 Å². The number of carboxylic acids is 1. The lowest BCUT2D eigenvalue weighted by Crippen LogP contribution is -2.40. The number of hydrogen-bond acceptors (Lipinski definition) is 7. The summed E-state index contributed by atoms with van der Waals surface area (Å²) in [6, 6.07) is 0. The number of esters is 2. The number of carbonyl (C=O) groups is 3. The highest BCUT2D eigenvalue weighted by molar-refractivity contribution is 5.71. The van der Waals surface area contributed by atoms with Crippen LogP contribution in [0.1, 0.15) is 245 Å². The van der Waals surface area contributed by atoms with Crippen molar-refractivity contribution in [2.24, 2.45) is 0 Å². The Bertz CT molecular complexity index is 2200. The maximum Gasteiger partial charge on any atom is 0.361 e. The number of carboxylic acid groups (broad SMARTS) is 1. The Kier molecular flexibility index (Phi) is 65.5. The SMILES string of the molecule is CC/C=C\C/C=C\C/C=C\C/C=C\C/C=C\C/C=C\C/C=C\C/C=C\C/C=C\C/C=C\CCCCC(=O)OC(COC(=O)CCCCCCCCCCCCCCCC/C=C\C/C=C\C/C=C\C/C=C\C/C=C\C/C=C\CC)COC(OCC[N+](C)(C)C)C(=O)O. The average Bonchev–Trinajstić information content (AvgIpc) is 3.46. The number of hydrogen-bond donors (Lipinski definition) is 1. The van der Waals surface area contributed by atoms with Gasteiger partial charge in [-0.2, -0.15) is 0 Å². The molecule has 0 aromatic rings. The predicted molar refractivity (Wildman–Crippen MR) is 391 cm³/mol. The molecular weight excluding hydrogens is 1130 g/mol. The summed E-state index contributed by atoms with van der Waals surface area (Å²) in [5, 5.41) is 9.75. The van der Waals surface area contributed by atoms with E-state index in [1.54, 1.807) is 0 Å². The lowest BCUT2D eigenvalue weighted by atomic mass is 10.0. The van der Waals surface area contributed by atoms with Crippen molar-refractivity contribution in [3.8, 4) is 0 Å². The van der Waals surface area contributed by atoms with Gasteiger partial charge in [0.05, 0.1) is 34.4 Å². The van der Waals surface area contributed by atoms with Crippen LogP contribution in [-0.2, 0) is 33.3 Å². The van der Waals surface area contributed by atoms with Gasteiger partial charge in [0.25, 0.3) is 6.29 Å². The van der Waals surface area contributed by atoms with Crippen LogP contribution in [0.25, 0.3) is 0 Å². The second-order valence-corrected chi connectivity index (χ2v) is 24.1. The first kappa shape index (κ1) is 85.1. The van der Waals surface area contributed by atoms with Crippen molar-refractivity contribution in [2.45, 2.75) is 257 Å². The molecule has 0 aliphatic carbocycles. The summed E-state index contributed by atoms with van der Waals surface area (Å²) in [6.45, 7) is 4.58. The Morgan fingerprint density at radius 2 is 0.593 bits per heavy atom. The summed E-state index contributed by atoms with van der Waals surface area (Å²) in [5.74, 6) is -2.09. The number of carbonyl (C=O) groups excluding carboxylic acids is 2. The Morgan fingerprint density at radius 1 is 0.330 bits per heavy atom. The summed E-state index contributed by atoms with van der Waals surface area (Å²) in [5.41, 5.74) is 0. The molecule has 9 nitrogen and oxygen atoms in total. The highest BCUT2D eigenvalue weighted by Gasteiger charge is 2.25. The third-order valence-electron chi connectivity index (χ3n) is 14.3. The molecule has 0 saturated heterocycles. The summed E-state index contributed by atoms with van der Waals surface area (Å²) in [6.07, 6.45) is 105. The van der Waals surface area contributed by atoms with Crippen molar-refractivity contribution >= 4 is 17.9 Å². The number of nitrogens with zero attached hydrogens (tertiary/aromatic N) is 1. The van der Waals surface area contributed by atoms with E-state index < -0.39 is 24.3 Å². The topological polar surface area (TPSA) is 108 Å². The number of rotatable bonds is 63. The minimum atomic E-state index is -1.54. The van der Waals surface area contributed by atoms with Gasteiger partial charge >= 0.3 is 17.9 Å². The van der Waals surface area contributed by atoms with Crippen LogP contribution in [0.15, 0.2) is 194 Å². The van der Waals surface area contributed by atoms with Gasteiger partial charge in [0, 0.05) is 12.8 Å². The van der Waals surface area contributed by atoms with Gasteiger partial charge in [0.15, 0.2) is 6.10 Å². The van der Waals surface area contributed by atoms with Crippen LogP contribution < -0.4 is 0 Å². The van der Waals surface area contributed by atoms with Crippen LogP contribution in [-0.4, -0.2) is 87.4 Å².